The third-order valence-electron chi connectivity index (χ3n) is 7.17. The molecule has 2 heteroatoms. The lowest BCUT2D eigenvalue weighted by atomic mass is 9.63. The second kappa shape index (κ2) is 6.88. The fourth-order valence-corrected chi connectivity index (χ4v) is 5.48. The van der Waals surface area contributed by atoms with Crippen LogP contribution in [0.15, 0.2) is 72.8 Å². The average molecular weight is 382 g/mol. The quantitative estimate of drug-likeness (QED) is 0.546. The number of amides is 1. The summed E-state index contributed by atoms with van der Waals surface area (Å²) in [6, 6.07) is 26.7. The number of likely N-dealkylation sites (tertiary alicyclic amines) is 1. The van der Waals surface area contributed by atoms with Gasteiger partial charge in [-0.2, -0.15) is 0 Å². The van der Waals surface area contributed by atoms with Gasteiger partial charge in [0.2, 0.25) is 5.91 Å². The molecule has 0 aromatic heterocycles. The molecule has 0 N–H and O–H groups in total. The first-order valence-corrected chi connectivity index (χ1v) is 10.6. The number of nitrogens with zero attached hydrogens (tertiary/aromatic N) is 1. The first kappa shape index (κ1) is 18.2. The molecule has 5 rings (SSSR count). The second-order valence-corrected chi connectivity index (χ2v) is 8.80. The van der Waals surface area contributed by atoms with Crippen LogP contribution in [0.5, 0.6) is 0 Å². The number of carbonyl (C=O) groups excluding carboxylic acids is 1. The molecule has 0 bridgehead atoms. The molecule has 0 spiro atoms. The van der Waals surface area contributed by atoms with Crippen molar-refractivity contribution in [2.75, 3.05) is 7.05 Å². The van der Waals surface area contributed by atoms with E-state index in [-0.39, 0.29) is 5.41 Å². The predicted molar refractivity (Wildman–Crippen MR) is 119 cm³/mol. The highest BCUT2D eigenvalue weighted by Gasteiger charge is 2.46. The summed E-state index contributed by atoms with van der Waals surface area (Å²) in [6.07, 6.45) is 3.71. The van der Waals surface area contributed by atoms with Gasteiger partial charge in [0.15, 0.2) is 0 Å². The topological polar surface area (TPSA) is 20.3 Å². The van der Waals surface area contributed by atoms with Crippen LogP contribution < -0.4 is 0 Å². The molecule has 0 radical (unpaired) electrons. The summed E-state index contributed by atoms with van der Waals surface area (Å²) in [5.41, 5.74) is 8.00. The second-order valence-electron chi connectivity index (χ2n) is 8.80. The van der Waals surface area contributed by atoms with E-state index >= 15 is 0 Å². The number of hydrogen-bond acceptors (Lipinski definition) is 1. The average Bonchev–Trinajstić information content (AvgIpc) is 2.77. The molecular weight excluding hydrogens is 354 g/mol. The number of carbonyl (C=O) groups is 1. The van der Waals surface area contributed by atoms with Crippen molar-refractivity contribution in [3.05, 3.63) is 83.9 Å². The maximum absolute atomic E-state index is 12.2. The molecule has 2 atom stereocenters. The van der Waals surface area contributed by atoms with E-state index in [2.05, 4.69) is 79.7 Å². The maximum Gasteiger partial charge on any atom is 0.222 e. The van der Waals surface area contributed by atoms with E-state index in [0.717, 1.165) is 19.3 Å². The van der Waals surface area contributed by atoms with Gasteiger partial charge in [-0.25, -0.2) is 0 Å². The molecule has 0 saturated carbocycles. The molecule has 3 aromatic rings. The first-order chi connectivity index (χ1) is 14.1. The molecule has 2 aliphatic rings. The Morgan fingerprint density at radius 1 is 0.828 bits per heavy atom. The Balaban J connectivity index is 1.52. The summed E-state index contributed by atoms with van der Waals surface area (Å²) in [5.74, 6) is 0.297. The summed E-state index contributed by atoms with van der Waals surface area (Å²) in [5, 5.41) is 0. The summed E-state index contributed by atoms with van der Waals surface area (Å²) >= 11 is 0. The lowest BCUT2D eigenvalue weighted by molar-refractivity contribution is -0.138. The van der Waals surface area contributed by atoms with E-state index in [4.69, 9.17) is 0 Å². The van der Waals surface area contributed by atoms with Gasteiger partial charge >= 0.3 is 0 Å². The van der Waals surface area contributed by atoms with Crippen molar-refractivity contribution < 1.29 is 4.79 Å². The first-order valence-electron chi connectivity index (χ1n) is 10.6. The number of hydrogen-bond donors (Lipinski definition) is 0. The van der Waals surface area contributed by atoms with E-state index in [1.54, 1.807) is 0 Å². The highest BCUT2D eigenvalue weighted by atomic mass is 16.2. The van der Waals surface area contributed by atoms with Gasteiger partial charge in [0.1, 0.15) is 0 Å². The summed E-state index contributed by atoms with van der Waals surface area (Å²) in [6.45, 7) is 2.36. The van der Waals surface area contributed by atoms with E-state index in [9.17, 15) is 4.79 Å². The van der Waals surface area contributed by atoms with Crippen LogP contribution in [0.25, 0.3) is 22.3 Å². The van der Waals surface area contributed by atoms with Gasteiger partial charge < -0.3 is 4.90 Å². The molecule has 29 heavy (non-hydrogen) atoms. The third-order valence-corrected chi connectivity index (χ3v) is 7.17. The minimum absolute atomic E-state index is 0.0701. The zero-order valence-electron chi connectivity index (χ0n) is 17.2. The van der Waals surface area contributed by atoms with Crippen LogP contribution in [-0.2, 0) is 16.6 Å². The van der Waals surface area contributed by atoms with Crippen molar-refractivity contribution in [2.24, 2.45) is 0 Å². The molecule has 1 heterocycles. The number of benzene rings is 3. The Kier molecular flexibility index (Phi) is 4.31. The van der Waals surface area contributed by atoms with Gasteiger partial charge in [0.05, 0.1) is 0 Å². The molecule has 146 valence electrons. The van der Waals surface area contributed by atoms with E-state index < -0.39 is 0 Å². The molecule has 1 aliphatic heterocycles. The molecule has 1 fully saturated rings. The smallest absolute Gasteiger partial charge is 0.222 e. The van der Waals surface area contributed by atoms with Crippen molar-refractivity contribution >= 4 is 5.91 Å². The molecule has 1 aliphatic carbocycles. The molecule has 3 aromatic carbocycles. The largest absolute Gasteiger partial charge is 0.342 e. The Morgan fingerprint density at radius 3 is 2.31 bits per heavy atom. The third kappa shape index (κ3) is 2.98. The van der Waals surface area contributed by atoms with Gasteiger partial charge in [-0.1, -0.05) is 73.7 Å². The maximum atomic E-state index is 12.2. The van der Waals surface area contributed by atoms with Gasteiger partial charge in [-0.05, 0) is 58.7 Å². The zero-order chi connectivity index (χ0) is 20.0. The van der Waals surface area contributed by atoms with Crippen LogP contribution in [0.2, 0.25) is 0 Å². The van der Waals surface area contributed by atoms with Crippen molar-refractivity contribution in [1.29, 1.82) is 0 Å². The Hall–Kier alpha value is -2.87. The van der Waals surface area contributed by atoms with Gasteiger partial charge in [0.25, 0.3) is 0 Å². The standard InChI is InChI=1S/C27H27NO/c1-27-16-15-26(29)28(2)25(27)14-12-23-18-22(11-13-24(23)27)21-10-6-9-20(17-21)19-7-4-3-5-8-19/h3-11,13,17-18,25H,12,14-16H2,1-2H3/t25?,27-/m1/s1. The van der Waals surface area contributed by atoms with Gasteiger partial charge in [-0.15, -0.1) is 0 Å². The van der Waals surface area contributed by atoms with Crippen molar-refractivity contribution in [3.63, 3.8) is 0 Å². The monoisotopic (exact) mass is 381 g/mol. The minimum atomic E-state index is 0.0701. The Morgan fingerprint density at radius 2 is 1.52 bits per heavy atom. The van der Waals surface area contributed by atoms with E-state index in [0.29, 0.717) is 18.4 Å². The van der Waals surface area contributed by atoms with Crippen molar-refractivity contribution in [2.45, 2.75) is 44.1 Å². The highest BCUT2D eigenvalue weighted by molar-refractivity contribution is 5.78. The molecule has 1 amide bonds. The summed E-state index contributed by atoms with van der Waals surface area (Å²) in [7, 11) is 1.98. The normalized spacial score (nSPS) is 23.4. The lowest BCUT2D eigenvalue weighted by Crippen LogP contribution is -2.56. The van der Waals surface area contributed by atoms with E-state index in [1.165, 1.54) is 33.4 Å². The Labute approximate surface area is 173 Å². The number of piperidine rings is 1. The van der Waals surface area contributed by atoms with Crippen LogP contribution in [0.4, 0.5) is 0 Å². The number of likely N-dealkylation sites (N-methyl/N-ethyl adjacent to an activating group) is 1. The summed E-state index contributed by atoms with van der Waals surface area (Å²) in [4.78, 5) is 14.2. The Bertz CT molecular complexity index is 1070. The van der Waals surface area contributed by atoms with Gasteiger partial charge in [-0.3, -0.25) is 4.79 Å². The number of rotatable bonds is 2. The van der Waals surface area contributed by atoms with Gasteiger partial charge in [0, 0.05) is 24.9 Å². The highest BCUT2D eigenvalue weighted by Crippen LogP contribution is 2.46. The molecule has 2 nitrogen and oxygen atoms in total. The summed E-state index contributed by atoms with van der Waals surface area (Å²) < 4.78 is 0. The SMILES string of the molecule is CN1C(=O)CC[C@]2(C)c3ccc(-c4cccc(-c5ccccc5)c4)cc3CCC12. The number of fused-ring (bicyclic) bond motifs is 3. The minimum Gasteiger partial charge on any atom is -0.342 e. The lowest BCUT2D eigenvalue weighted by Gasteiger charge is -2.50. The molecular formula is C27H27NO. The van der Waals surface area contributed by atoms with Crippen molar-refractivity contribution in [1.82, 2.24) is 4.90 Å². The van der Waals surface area contributed by atoms with E-state index in [1.807, 2.05) is 11.9 Å². The zero-order valence-corrected chi connectivity index (χ0v) is 17.2. The van der Waals surface area contributed by atoms with Crippen LogP contribution in [0.3, 0.4) is 0 Å². The van der Waals surface area contributed by atoms with Crippen LogP contribution >= 0.6 is 0 Å². The fourth-order valence-electron chi connectivity index (χ4n) is 5.48. The predicted octanol–water partition coefficient (Wildman–Crippen LogP) is 5.85. The molecule has 1 saturated heterocycles. The fraction of sp³-hybridized carbons (Fsp3) is 0.296. The van der Waals surface area contributed by atoms with Crippen LogP contribution in [0.1, 0.15) is 37.3 Å². The number of aryl methyl sites for hydroxylation is 1. The van der Waals surface area contributed by atoms with Crippen molar-refractivity contribution in [3.8, 4) is 22.3 Å². The van der Waals surface area contributed by atoms with Crippen LogP contribution in [-0.4, -0.2) is 23.9 Å². The molecule has 1 unspecified atom stereocenters. The van der Waals surface area contributed by atoms with Crippen LogP contribution in [0, 0.1) is 0 Å².